The molecule has 0 aliphatic carbocycles. The summed E-state index contributed by atoms with van der Waals surface area (Å²) in [6.07, 6.45) is 3.74. The molecule has 246 valence electrons. The first-order valence-corrected chi connectivity index (χ1v) is 17.3. The summed E-state index contributed by atoms with van der Waals surface area (Å²) in [6.45, 7) is 0.412. The van der Waals surface area contributed by atoms with Gasteiger partial charge in [-0.1, -0.05) is 6.07 Å². The molecule has 5 heterocycles. The van der Waals surface area contributed by atoms with Crippen LogP contribution in [0.15, 0.2) is 71.1 Å². The molecule has 0 bridgehead atoms. The standard InChI is InChI=1S/C28H26F3N9O5S2/c1-46(42,43)38-6-4-21(5-7-38)36-28-34-13-19-10-23(25(30)31)27(41)39(26(19)37-28)14-17-2-3-24(33-12-17)18-8-20(29)11-22(9-18)47(44,45)40-16-32-15-35-40/h2-3,8-13,15-16,21,25H,4-7,14H2,1H3,(H,34,36,37). The molecular weight excluding hydrogens is 663 g/mol. The van der Waals surface area contributed by atoms with Crippen molar-refractivity contribution in [3.05, 3.63) is 88.7 Å². The molecule has 1 saturated heterocycles. The molecular formula is C28H26F3N9O5S2. The SMILES string of the molecule is CS(=O)(=O)N1CCC(Nc2ncc3cc(C(F)F)c(=O)n(Cc4ccc(-c5cc(F)cc(S(=O)(=O)n6cncn6)c5)nc4)c3n2)CC1. The lowest BCUT2D eigenvalue weighted by molar-refractivity contribution is 0.149. The summed E-state index contributed by atoms with van der Waals surface area (Å²) >= 11 is 0. The Labute approximate surface area is 266 Å². The van der Waals surface area contributed by atoms with Crippen LogP contribution in [-0.4, -0.2) is 80.2 Å². The van der Waals surface area contributed by atoms with E-state index in [1.807, 2.05) is 0 Å². The van der Waals surface area contributed by atoms with Crippen molar-refractivity contribution < 1.29 is 30.0 Å². The number of aromatic nitrogens is 7. The Morgan fingerprint density at radius 3 is 2.43 bits per heavy atom. The Morgan fingerprint density at radius 2 is 1.79 bits per heavy atom. The first-order chi connectivity index (χ1) is 22.3. The van der Waals surface area contributed by atoms with Crippen molar-refractivity contribution >= 4 is 37.0 Å². The molecule has 4 aromatic heterocycles. The zero-order valence-corrected chi connectivity index (χ0v) is 26.2. The van der Waals surface area contributed by atoms with Gasteiger partial charge in [-0.2, -0.15) is 13.4 Å². The number of piperidine rings is 1. The van der Waals surface area contributed by atoms with Crippen LogP contribution >= 0.6 is 0 Å². The molecule has 47 heavy (non-hydrogen) atoms. The van der Waals surface area contributed by atoms with E-state index in [0.717, 1.165) is 41.7 Å². The molecule has 0 amide bonds. The lowest BCUT2D eigenvalue weighted by atomic mass is 10.1. The van der Waals surface area contributed by atoms with Crippen molar-refractivity contribution in [3.63, 3.8) is 0 Å². The molecule has 19 heteroatoms. The molecule has 0 spiro atoms. The van der Waals surface area contributed by atoms with Crippen molar-refractivity contribution in [1.29, 1.82) is 0 Å². The van der Waals surface area contributed by atoms with Gasteiger partial charge in [0.05, 0.1) is 29.0 Å². The topological polar surface area (TPSA) is 175 Å². The molecule has 1 N–H and O–H groups in total. The summed E-state index contributed by atoms with van der Waals surface area (Å²) in [7, 11) is -7.54. The van der Waals surface area contributed by atoms with Crippen LogP contribution in [0, 0.1) is 5.82 Å². The predicted molar refractivity (Wildman–Crippen MR) is 163 cm³/mol. The number of halogens is 3. The second-order valence-corrected chi connectivity index (χ2v) is 14.6. The average molecular weight is 690 g/mol. The smallest absolute Gasteiger partial charge is 0.284 e. The second kappa shape index (κ2) is 12.5. The van der Waals surface area contributed by atoms with E-state index < -0.39 is 43.4 Å². The fourth-order valence-electron chi connectivity index (χ4n) is 5.23. The summed E-state index contributed by atoms with van der Waals surface area (Å²) < 4.78 is 94.6. The molecule has 0 saturated carbocycles. The number of anilines is 1. The minimum Gasteiger partial charge on any atom is -0.351 e. The van der Waals surface area contributed by atoms with Gasteiger partial charge < -0.3 is 5.32 Å². The third-order valence-electron chi connectivity index (χ3n) is 7.62. The van der Waals surface area contributed by atoms with Crippen molar-refractivity contribution in [2.24, 2.45) is 0 Å². The molecule has 0 unspecified atom stereocenters. The highest BCUT2D eigenvalue weighted by Crippen LogP contribution is 2.26. The quantitative estimate of drug-likeness (QED) is 0.241. The number of alkyl halides is 2. The number of hydrogen-bond donors (Lipinski definition) is 1. The Hall–Kier alpha value is -4.75. The van der Waals surface area contributed by atoms with Crippen LogP contribution in [-0.2, 0) is 26.6 Å². The van der Waals surface area contributed by atoms with E-state index in [2.05, 4.69) is 30.4 Å². The minimum absolute atomic E-state index is 0.0858. The summed E-state index contributed by atoms with van der Waals surface area (Å²) in [5, 5.41) is 6.95. The van der Waals surface area contributed by atoms with Gasteiger partial charge in [-0.15, -0.1) is 9.19 Å². The normalized spacial score (nSPS) is 15.0. The van der Waals surface area contributed by atoms with Gasteiger partial charge in [0.15, 0.2) is 0 Å². The number of hydrogen-bond acceptors (Lipinski definition) is 11. The van der Waals surface area contributed by atoms with Gasteiger partial charge in [-0.3, -0.25) is 14.3 Å². The van der Waals surface area contributed by atoms with Crippen LogP contribution in [0.2, 0.25) is 0 Å². The van der Waals surface area contributed by atoms with Gasteiger partial charge >= 0.3 is 0 Å². The third kappa shape index (κ3) is 6.72. The first-order valence-electron chi connectivity index (χ1n) is 14.1. The Morgan fingerprint density at radius 1 is 1.02 bits per heavy atom. The number of rotatable bonds is 9. The number of nitrogens with one attached hydrogen (secondary N) is 1. The maximum absolute atomic E-state index is 14.5. The van der Waals surface area contributed by atoms with E-state index in [-0.39, 0.29) is 45.7 Å². The highest BCUT2D eigenvalue weighted by molar-refractivity contribution is 7.89. The van der Waals surface area contributed by atoms with E-state index >= 15 is 0 Å². The van der Waals surface area contributed by atoms with Crippen molar-refractivity contribution in [2.75, 3.05) is 24.7 Å². The molecule has 5 aromatic rings. The van der Waals surface area contributed by atoms with Crippen molar-refractivity contribution in [3.8, 4) is 11.3 Å². The Kier molecular flexibility index (Phi) is 8.53. The van der Waals surface area contributed by atoms with Crippen LogP contribution in [0.25, 0.3) is 22.3 Å². The maximum atomic E-state index is 14.5. The molecule has 1 aliphatic heterocycles. The molecule has 1 aliphatic rings. The Balaban J connectivity index is 1.29. The average Bonchev–Trinajstić information content (AvgIpc) is 3.59. The highest BCUT2D eigenvalue weighted by Gasteiger charge is 2.26. The van der Waals surface area contributed by atoms with E-state index in [0.29, 0.717) is 35.6 Å². The van der Waals surface area contributed by atoms with Gasteiger partial charge in [0.25, 0.3) is 22.0 Å². The van der Waals surface area contributed by atoms with E-state index in [1.165, 1.54) is 28.8 Å². The molecule has 0 radical (unpaired) electrons. The van der Waals surface area contributed by atoms with Crippen LogP contribution in [0.4, 0.5) is 19.1 Å². The fourth-order valence-corrected chi connectivity index (χ4v) is 7.20. The number of sulfonamides is 1. The lowest BCUT2D eigenvalue weighted by Crippen LogP contribution is -2.42. The van der Waals surface area contributed by atoms with Crippen LogP contribution in [0.5, 0.6) is 0 Å². The summed E-state index contributed by atoms with van der Waals surface area (Å²) in [5.41, 5.74) is -0.850. The number of fused-ring (bicyclic) bond motifs is 1. The van der Waals surface area contributed by atoms with Gasteiger partial charge in [-0.05, 0) is 48.7 Å². The highest BCUT2D eigenvalue weighted by atomic mass is 32.2. The largest absolute Gasteiger partial charge is 0.351 e. The van der Waals surface area contributed by atoms with Crippen LogP contribution < -0.4 is 10.9 Å². The molecule has 0 atom stereocenters. The van der Waals surface area contributed by atoms with E-state index in [4.69, 9.17) is 0 Å². The van der Waals surface area contributed by atoms with Crippen LogP contribution in [0.1, 0.15) is 30.4 Å². The lowest BCUT2D eigenvalue weighted by Gasteiger charge is -2.30. The second-order valence-electron chi connectivity index (χ2n) is 10.8. The van der Waals surface area contributed by atoms with Crippen molar-refractivity contribution in [2.45, 2.75) is 36.7 Å². The zero-order valence-electron chi connectivity index (χ0n) is 24.5. The van der Waals surface area contributed by atoms with E-state index in [9.17, 15) is 34.8 Å². The summed E-state index contributed by atoms with van der Waals surface area (Å²) in [6, 6.07) is 7.07. The number of pyridine rings is 2. The van der Waals surface area contributed by atoms with Crippen molar-refractivity contribution in [1.82, 2.24) is 38.0 Å². The number of benzene rings is 1. The first kappa shape index (κ1) is 32.2. The monoisotopic (exact) mass is 689 g/mol. The van der Waals surface area contributed by atoms with Gasteiger partial charge in [-0.25, -0.2) is 35.9 Å². The fraction of sp³-hybridized carbons (Fsp3) is 0.286. The molecule has 14 nitrogen and oxygen atoms in total. The summed E-state index contributed by atoms with van der Waals surface area (Å²) in [4.78, 5) is 29.4. The number of nitrogens with zero attached hydrogens (tertiary/aromatic N) is 8. The van der Waals surface area contributed by atoms with Gasteiger partial charge in [0.1, 0.15) is 24.1 Å². The Bertz CT molecular complexity index is 2220. The molecule has 6 rings (SSSR count). The van der Waals surface area contributed by atoms with Gasteiger partial charge in [0.2, 0.25) is 16.0 Å². The van der Waals surface area contributed by atoms with Gasteiger partial charge in [0, 0.05) is 42.5 Å². The minimum atomic E-state index is -4.22. The maximum Gasteiger partial charge on any atom is 0.284 e. The zero-order chi connectivity index (χ0) is 33.5. The molecule has 1 aromatic carbocycles. The third-order valence-corrected chi connectivity index (χ3v) is 10.4. The molecule has 1 fully saturated rings. The predicted octanol–water partition coefficient (Wildman–Crippen LogP) is 2.64. The van der Waals surface area contributed by atoms with E-state index in [1.54, 1.807) is 6.07 Å². The van der Waals surface area contributed by atoms with Crippen LogP contribution in [0.3, 0.4) is 0 Å². The summed E-state index contributed by atoms with van der Waals surface area (Å²) in [5.74, 6) is -0.691.